The molecule has 0 saturated heterocycles. The molecule has 0 aliphatic rings. The van der Waals surface area contributed by atoms with E-state index in [-0.39, 0.29) is 20.4 Å². The molecule has 0 spiro atoms. The maximum absolute atomic E-state index is 8.74. The largest absolute Gasteiger partial charge is 0.450 e. The number of benzene rings is 2. The van der Waals surface area contributed by atoms with Gasteiger partial charge in [0.15, 0.2) is 0 Å². The van der Waals surface area contributed by atoms with Crippen molar-refractivity contribution in [1.29, 1.82) is 0 Å². The second kappa shape index (κ2) is 8.45. The van der Waals surface area contributed by atoms with E-state index in [9.17, 15) is 0 Å². The van der Waals surface area contributed by atoms with E-state index < -0.39 is 8.25 Å². The fourth-order valence-electron chi connectivity index (χ4n) is 1.43. The Hall–Kier alpha value is -0.644. The molecular formula is C12H13MgO3P. The van der Waals surface area contributed by atoms with Crippen LogP contribution >= 0.6 is 8.25 Å². The fraction of sp³-hybridized carbons (Fsp3) is 0. The molecule has 0 unspecified atom stereocenters. The van der Waals surface area contributed by atoms with Crippen molar-refractivity contribution in [2.75, 3.05) is 0 Å². The molecule has 0 fully saturated rings. The van der Waals surface area contributed by atoms with Crippen molar-refractivity contribution >= 4 is 36.0 Å². The van der Waals surface area contributed by atoms with Crippen LogP contribution < -0.4 is 7.39 Å². The smallest absolute Gasteiger partial charge is 0.326 e. The number of hydrogen-bond donors (Lipinski definition) is 2. The van der Waals surface area contributed by atoms with Gasteiger partial charge in [-0.1, -0.05) is 60.7 Å². The Morgan fingerprint density at radius 3 is 1.35 bits per heavy atom. The SMILES string of the molecule is O=[PH](O)O.c1cc[c]([Mg][c]2ccccc2)cc1. The van der Waals surface area contributed by atoms with Gasteiger partial charge in [-0.05, 0) is 0 Å². The van der Waals surface area contributed by atoms with E-state index in [1.165, 1.54) is 7.39 Å². The molecule has 0 aromatic heterocycles. The normalized spacial score (nSPS) is 9.12. The van der Waals surface area contributed by atoms with E-state index in [4.69, 9.17) is 14.4 Å². The van der Waals surface area contributed by atoms with Crippen molar-refractivity contribution in [3.63, 3.8) is 0 Å². The summed E-state index contributed by atoms with van der Waals surface area (Å²) in [5.41, 5.74) is 0. The van der Waals surface area contributed by atoms with Gasteiger partial charge in [0.1, 0.15) is 0 Å². The van der Waals surface area contributed by atoms with E-state index in [1.807, 2.05) is 0 Å². The topological polar surface area (TPSA) is 57.5 Å². The molecule has 5 heteroatoms. The zero-order chi connectivity index (χ0) is 12.5. The van der Waals surface area contributed by atoms with Crippen LogP contribution in [0.1, 0.15) is 0 Å². The summed E-state index contributed by atoms with van der Waals surface area (Å²) < 4.78 is 11.8. The van der Waals surface area contributed by atoms with Crippen molar-refractivity contribution < 1.29 is 14.4 Å². The second-order valence-electron chi connectivity index (χ2n) is 3.43. The molecule has 3 nitrogen and oxygen atoms in total. The quantitative estimate of drug-likeness (QED) is 0.617. The fourth-order valence-corrected chi connectivity index (χ4v) is 2.91. The van der Waals surface area contributed by atoms with Gasteiger partial charge in [-0.3, -0.25) is 4.57 Å². The van der Waals surface area contributed by atoms with Gasteiger partial charge < -0.3 is 9.79 Å². The molecule has 0 bridgehead atoms. The van der Waals surface area contributed by atoms with E-state index in [0.717, 1.165) is 0 Å². The highest BCUT2D eigenvalue weighted by Crippen LogP contribution is 1.98. The lowest BCUT2D eigenvalue weighted by Gasteiger charge is -1.98. The van der Waals surface area contributed by atoms with Crippen molar-refractivity contribution in [3.05, 3.63) is 60.7 Å². The first-order valence-corrected chi connectivity index (χ1v) is 7.90. The Kier molecular flexibility index (Phi) is 7.16. The van der Waals surface area contributed by atoms with Crippen LogP contribution in [0.5, 0.6) is 0 Å². The predicted molar refractivity (Wildman–Crippen MR) is 71.3 cm³/mol. The standard InChI is InChI=1S/2C6H5.Mg.H3O3P/c2*1-2-4-6-5-3-1;;1-4(2)3/h2*1-5H;;4H,(H2,1,2,3). The monoisotopic (exact) mass is 260 g/mol. The second-order valence-corrected chi connectivity index (χ2v) is 5.98. The summed E-state index contributed by atoms with van der Waals surface area (Å²) in [5.74, 6) is 0. The first-order valence-electron chi connectivity index (χ1n) is 5.18. The molecule has 0 atom stereocenters. The minimum Gasteiger partial charge on any atom is -0.326 e. The number of hydrogen-bond acceptors (Lipinski definition) is 1. The molecule has 0 aliphatic carbocycles. The summed E-state index contributed by atoms with van der Waals surface area (Å²) in [6.07, 6.45) is 0. The van der Waals surface area contributed by atoms with Crippen LogP contribution in [-0.2, 0) is 4.57 Å². The van der Waals surface area contributed by atoms with Gasteiger partial charge in [0.25, 0.3) is 0 Å². The van der Waals surface area contributed by atoms with Crippen molar-refractivity contribution in [2.24, 2.45) is 0 Å². The van der Waals surface area contributed by atoms with Gasteiger partial charge in [-0.15, -0.1) is 0 Å². The van der Waals surface area contributed by atoms with Crippen LogP contribution in [-0.4, -0.2) is 30.2 Å². The van der Waals surface area contributed by atoms with Crippen LogP contribution in [0.25, 0.3) is 0 Å². The Morgan fingerprint density at radius 2 is 1.06 bits per heavy atom. The third-order valence-electron chi connectivity index (χ3n) is 2.09. The maximum Gasteiger partial charge on any atom is 0.450 e. The van der Waals surface area contributed by atoms with E-state index >= 15 is 0 Å². The molecule has 2 aromatic carbocycles. The molecule has 0 radical (unpaired) electrons. The zero-order valence-electron chi connectivity index (χ0n) is 9.28. The molecule has 2 rings (SSSR count). The van der Waals surface area contributed by atoms with Gasteiger partial charge >= 0.3 is 28.6 Å². The average molecular weight is 261 g/mol. The average Bonchev–Trinajstić information content (AvgIpc) is 2.31. The van der Waals surface area contributed by atoms with Gasteiger partial charge in [-0.25, -0.2) is 0 Å². The highest BCUT2D eigenvalue weighted by molar-refractivity contribution is 7.30. The highest BCUT2D eigenvalue weighted by Gasteiger charge is 1.99. The van der Waals surface area contributed by atoms with E-state index in [1.54, 1.807) is 0 Å². The van der Waals surface area contributed by atoms with Crippen LogP contribution in [0, 0.1) is 0 Å². The Morgan fingerprint density at radius 1 is 0.765 bits per heavy atom. The number of rotatable bonds is 2. The first kappa shape index (κ1) is 14.4. The maximum atomic E-state index is 8.74. The Balaban J connectivity index is 0.000000317. The highest BCUT2D eigenvalue weighted by atomic mass is 31.1. The predicted octanol–water partition coefficient (Wildman–Crippen LogP) is 0.702. The van der Waals surface area contributed by atoms with Gasteiger partial charge in [0.05, 0.1) is 0 Å². The lowest BCUT2D eigenvalue weighted by atomic mass is 10.4. The van der Waals surface area contributed by atoms with E-state index in [0.29, 0.717) is 0 Å². The lowest BCUT2D eigenvalue weighted by Crippen LogP contribution is -2.26. The van der Waals surface area contributed by atoms with Gasteiger partial charge in [0.2, 0.25) is 0 Å². The molecule has 86 valence electrons. The molecule has 0 heterocycles. The lowest BCUT2D eigenvalue weighted by molar-refractivity contribution is 0.405. The summed E-state index contributed by atoms with van der Waals surface area (Å²) in [6, 6.07) is 21.5. The molecule has 2 N–H and O–H groups in total. The Bertz CT molecular complexity index is 406. The minimum atomic E-state index is -3.13. The molecular weight excluding hydrogens is 247 g/mol. The van der Waals surface area contributed by atoms with Crippen LogP contribution in [0.3, 0.4) is 0 Å². The van der Waals surface area contributed by atoms with Crippen molar-refractivity contribution in [2.45, 2.75) is 0 Å². The van der Waals surface area contributed by atoms with Crippen LogP contribution in [0.15, 0.2) is 60.7 Å². The molecule has 17 heavy (non-hydrogen) atoms. The third-order valence-corrected chi connectivity index (χ3v) is 3.85. The molecule has 0 amide bonds. The van der Waals surface area contributed by atoms with Gasteiger partial charge in [0, 0.05) is 0 Å². The third kappa shape index (κ3) is 7.31. The first-order chi connectivity index (χ1) is 8.18. The van der Waals surface area contributed by atoms with Gasteiger partial charge in [-0.2, -0.15) is 7.39 Å². The minimum absolute atomic E-state index is 0.234. The van der Waals surface area contributed by atoms with Crippen molar-refractivity contribution in [1.82, 2.24) is 0 Å². The molecule has 0 saturated carbocycles. The van der Waals surface area contributed by atoms with Crippen LogP contribution in [0.2, 0.25) is 0 Å². The Labute approximate surface area is 111 Å². The van der Waals surface area contributed by atoms with Crippen molar-refractivity contribution in [3.8, 4) is 0 Å². The van der Waals surface area contributed by atoms with E-state index in [2.05, 4.69) is 60.7 Å². The van der Waals surface area contributed by atoms with Crippen LogP contribution in [0.4, 0.5) is 0 Å². The zero-order valence-corrected chi connectivity index (χ0v) is 11.7. The summed E-state index contributed by atoms with van der Waals surface area (Å²) in [7, 11) is -3.13. The molecule has 2 aromatic rings. The summed E-state index contributed by atoms with van der Waals surface area (Å²) in [6.45, 7) is 0. The molecule has 0 aliphatic heterocycles. The summed E-state index contributed by atoms with van der Waals surface area (Å²) >= 11 is -0.234. The summed E-state index contributed by atoms with van der Waals surface area (Å²) in [4.78, 5) is 14.3. The summed E-state index contributed by atoms with van der Waals surface area (Å²) in [5, 5.41) is 0.